The predicted molar refractivity (Wildman–Crippen MR) is 108 cm³/mol. The van der Waals surface area contributed by atoms with E-state index in [1.54, 1.807) is 24.3 Å². The number of nitrogens with one attached hydrogen (secondary N) is 1. The van der Waals surface area contributed by atoms with Gasteiger partial charge in [0.15, 0.2) is 5.16 Å². The van der Waals surface area contributed by atoms with Crippen LogP contribution >= 0.6 is 11.8 Å². The van der Waals surface area contributed by atoms with Gasteiger partial charge in [0.05, 0.1) is 24.1 Å². The second-order valence-corrected chi connectivity index (χ2v) is 7.02. The van der Waals surface area contributed by atoms with Crippen LogP contribution in [0.2, 0.25) is 0 Å². The molecule has 0 aliphatic heterocycles. The van der Waals surface area contributed by atoms with Crippen molar-refractivity contribution in [1.29, 1.82) is 0 Å². The third kappa shape index (κ3) is 4.40. The Bertz CT molecular complexity index is 999. The van der Waals surface area contributed by atoms with Gasteiger partial charge in [-0.15, -0.1) is 10.2 Å². The van der Waals surface area contributed by atoms with Crippen LogP contribution in [0.15, 0.2) is 53.7 Å². The van der Waals surface area contributed by atoms with E-state index in [4.69, 9.17) is 4.74 Å². The molecule has 0 bridgehead atoms. The highest BCUT2D eigenvalue weighted by Crippen LogP contribution is 2.23. The first-order chi connectivity index (χ1) is 13.5. The Morgan fingerprint density at radius 1 is 1.07 bits per heavy atom. The molecule has 1 amide bonds. The molecule has 3 rings (SSSR count). The van der Waals surface area contributed by atoms with Gasteiger partial charge >= 0.3 is 5.97 Å². The maximum atomic E-state index is 12.4. The summed E-state index contributed by atoms with van der Waals surface area (Å²) >= 11 is 1.28. The Morgan fingerprint density at radius 2 is 1.79 bits per heavy atom. The zero-order chi connectivity index (χ0) is 20.1. The van der Waals surface area contributed by atoms with Crippen LogP contribution in [0, 0.1) is 13.8 Å². The highest BCUT2D eigenvalue weighted by Gasteiger charge is 2.16. The molecule has 1 N–H and O–H groups in total. The Labute approximate surface area is 167 Å². The lowest BCUT2D eigenvalue weighted by molar-refractivity contribution is -0.113. The van der Waals surface area contributed by atoms with Crippen LogP contribution in [0.4, 0.5) is 5.69 Å². The van der Waals surface area contributed by atoms with E-state index in [1.165, 1.54) is 18.9 Å². The molecule has 0 spiro atoms. The minimum absolute atomic E-state index is 0.125. The van der Waals surface area contributed by atoms with E-state index in [2.05, 4.69) is 15.5 Å². The number of esters is 1. The fourth-order valence-electron chi connectivity index (χ4n) is 2.62. The summed E-state index contributed by atoms with van der Waals surface area (Å²) in [4.78, 5) is 24.2. The molecule has 0 aliphatic carbocycles. The molecule has 0 aliphatic rings. The molecule has 144 valence electrons. The standard InChI is InChI=1S/C20H20N4O3S/c1-13-8-10-15(11-9-13)24-14(2)22-23-20(24)28-12-18(25)21-17-7-5-4-6-16(17)19(26)27-3/h4-11H,12H2,1-3H3,(H,21,25). The molecule has 1 aromatic heterocycles. The molecule has 0 saturated carbocycles. The van der Waals surface area contributed by atoms with Crippen molar-refractivity contribution < 1.29 is 14.3 Å². The number of amides is 1. The summed E-state index contributed by atoms with van der Waals surface area (Å²) in [6.45, 7) is 3.89. The number of benzene rings is 2. The molecule has 28 heavy (non-hydrogen) atoms. The molecule has 2 aromatic carbocycles. The number of anilines is 1. The topological polar surface area (TPSA) is 86.1 Å². The van der Waals surface area contributed by atoms with Crippen molar-refractivity contribution in [3.63, 3.8) is 0 Å². The minimum atomic E-state index is -0.502. The zero-order valence-electron chi connectivity index (χ0n) is 15.8. The molecule has 0 unspecified atom stereocenters. The van der Waals surface area contributed by atoms with Gasteiger partial charge in [0.2, 0.25) is 5.91 Å². The number of methoxy groups -OCH3 is 1. The molecule has 8 heteroatoms. The number of para-hydroxylation sites is 1. The number of aryl methyl sites for hydroxylation is 2. The van der Waals surface area contributed by atoms with Crippen LogP contribution < -0.4 is 5.32 Å². The highest BCUT2D eigenvalue weighted by atomic mass is 32.2. The van der Waals surface area contributed by atoms with Gasteiger partial charge in [0, 0.05) is 5.69 Å². The first kappa shape index (κ1) is 19.6. The molecular formula is C20H20N4O3S. The third-order valence-electron chi connectivity index (χ3n) is 4.03. The lowest BCUT2D eigenvalue weighted by Gasteiger charge is -2.10. The van der Waals surface area contributed by atoms with Crippen molar-refractivity contribution >= 4 is 29.3 Å². The maximum absolute atomic E-state index is 12.4. The van der Waals surface area contributed by atoms with Gasteiger partial charge in [-0.05, 0) is 38.1 Å². The summed E-state index contributed by atoms with van der Waals surface area (Å²) in [6.07, 6.45) is 0. The number of ether oxygens (including phenoxy) is 1. The number of carbonyl (C=O) groups is 2. The van der Waals surface area contributed by atoms with Crippen LogP contribution in [0.3, 0.4) is 0 Å². The van der Waals surface area contributed by atoms with Crippen LogP contribution in [0.25, 0.3) is 5.69 Å². The fourth-order valence-corrected chi connectivity index (χ4v) is 3.42. The number of carbonyl (C=O) groups excluding carboxylic acids is 2. The molecule has 0 saturated heterocycles. The van der Waals surface area contributed by atoms with Gasteiger partial charge in [-0.3, -0.25) is 9.36 Å². The molecule has 0 fully saturated rings. The number of thioether (sulfide) groups is 1. The Hall–Kier alpha value is -3.13. The Balaban J connectivity index is 1.71. The van der Waals surface area contributed by atoms with Crippen molar-refractivity contribution in [2.45, 2.75) is 19.0 Å². The SMILES string of the molecule is COC(=O)c1ccccc1NC(=O)CSc1nnc(C)n1-c1ccc(C)cc1. The molecular weight excluding hydrogens is 376 g/mol. The smallest absolute Gasteiger partial charge is 0.339 e. The normalized spacial score (nSPS) is 10.5. The van der Waals surface area contributed by atoms with Gasteiger partial charge in [-0.2, -0.15) is 0 Å². The largest absolute Gasteiger partial charge is 0.465 e. The first-order valence-electron chi connectivity index (χ1n) is 8.58. The van der Waals surface area contributed by atoms with Crippen LogP contribution in [-0.2, 0) is 9.53 Å². The predicted octanol–water partition coefficient (Wildman–Crippen LogP) is 3.40. The molecule has 0 radical (unpaired) electrons. The maximum Gasteiger partial charge on any atom is 0.339 e. The lowest BCUT2D eigenvalue weighted by atomic mass is 10.2. The summed E-state index contributed by atoms with van der Waals surface area (Å²) in [5, 5.41) is 11.7. The van der Waals surface area contributed by atoms with Crippen LogP contribution in [-0.4, -0.2) is 39.5 Å². The van der Waals surface area contributed by atoms with Gasteiger partial charge < -0.3 is 10.1 Å². The number of nitrogens with zero attached hydrogens (tertiary/aromatic N) is 3. The van der Waals surface area contributed by atoms with E-state index in [9.17, 15) is 9.59 Å². The Kier molecular flexibility index (Phi) is 6.10. The average molecular weight is 396 g/mol. The van der Waals surface area contributed by atoms with Crippen LogP contribution in [0.1, 0.15) is 21.7 Å². The van der Waals surface area contributed by atoms with Crippen molar-refractivity contribution in [1.82, 2.24) is 14.8 Å². The van der Waals surface area contributed by atoms with E-state index in [0.29, 0.717) is 16.4 Å². The lowest BCUT2D eigenvalue weighted by Crippen LogP contribution is -2.17. The summed E-state index contributed by atoms with van der Waals surface area (Å²) in [7, 11) is 1.30. The second kappa shape index (κ2) is 8.71. The van der Waals surface area contributed by atoms with Gasteiger partial charge in [0.1, 0.15) is 5.82 Å². The fraction of sp³-hybridized carbons (Fsp3) is 0.200. The molecule has 1 heterocycles. The van der Waals surface area contributed by atoms with Gasteiger partial charge in [-0.1, -0.05) is 41.6 Å². The monoisotopic (exact) mass is 396 g/mol. The first-order valence-corrected chi connectivity index (χ1v) is 9.57. The second-order valence-electron chi connectivity index (χ2n) is 6.07. The van der Waals surface area contributed by atoms with E-state index >= 15 is 0 Å². The highest BCUT2D eigenvalue weighted by molar-refractivity contribution is 7.99. The van der Waals surface area contributed by atoms with Crippen molar-refractivity contribution in [3.8, 4) is 5.69 Å². The number of rotatable bonds is 6. The Morgan fingerprint density at radius 3 is 2.50 bits per heavy atom. The van der Waals surface area contributed by atoms with E-state index in [1.807, 2.05) is 42.7 Å². The van der Waals surface area contributed by atoms with E-state index in [-0.39, 0.29) is 11.7 Å². The van der Waals surface area contributed by atoms with Crippen molar-refractivity contribution in [2.75, 3.05) is 18.2 Å². The summed E-state index contributed by atoms with van der Waals surface area (Å²) in [5.74, 6) is 0.109. The van der Waals surface area contributed by atoms with Gasteiger partial charge in [-0.25, -0.2) is 4.79 Å². The molecule has 0 atom stereocenters. The van der Waals surface area contributed by atoms with E-state index in [0.717, 1.165) is 17.1 Å². The van der Waals surface area contributed by atoms with Gasteiger partial charge in [0.25, 0.3) is 0 Å². The molecule has 7 nitrogen and oxygen atoms in total. The van der Waals surface area contributed by atoms with Crippen molar-refractivity contribution in [2.24, 2.45) is 0 Å². The molecule has 3 aromatic rings. The number of hydrogen-bond acceptors (Lipinski definition) is 6. The van der Waals surface area contributed by atoms with Crippen molar-refractivity contribution in [3.05, 3.63) is 65.5 Å². The zero-order valence-corrected chi connectivity index (χ0v) is 16.6. The summed E-state index contributed by atoms with van der Waals surface area (Å²) in [6, 6.07) is 14.7. The minimum Gasteiger partial charge on any atom is -0.465 e. The number of hydrogen-bond donors (Lipinski definition) is 1. The average Bonchev–Trinajstić information content (AvgIpc) is 3.07. The quantitative estimate of drug-likeness (QED) is 0.508. The van der Waals surface area contributed by atoms with Crippen LogP contribution in [0.5, 0.6) is 0 Å². The van der Waals surface area contributed by atoms with E-state index < -0.39 is 5.97 Å². The number of aromatic nitrogens is 3. The third-order valence-corrected chi connectivity index (χ3v) is 4.96. The summed E-state index contributed by atoms with van der Waals surface area (Å²) in [5.41, 5.74) is 2.82. The summed E-state index contributed by atoms with van der Waals surface area (Å²) < 4.78 is 6.65.